The molecule has 0 atom stereocenters. The Morgan fingerprint density at radius 2 is 1.90 bits per heavy atom. The smallest absolute Gasteiger partial charge is 0.271 e. The van der Waals surface area contributed by atoms with Crippen molar-refractivity contribution in [2.45, 2.75) is 38.5 Å². The van der Waals surface area contributed by atoms with Crippen molar-refractivity contribution in [2.24, 2.45) is 0 Å². The normalized spacial score (nSPS) is 18.2. The Kier molecular flexibility index (Phi) is 3.06. The van der Waals surface area contributed by atoms with Crippen LogP contribution in [0.3, 0.4) is 0 Å². The highest BCUT2D eigenvalue weighted by Gasteiger charge is 2.25. The molecule has 2 aromatic rings. The highest BCUT2D eigenvalue weighted by atomic mass is 32.1. The number of carbonyl (C=O) groups excluding carboxylic acids is 1. The van der Waals surface area contributed by atoms with Crippen molar-refractivity contribution < 1.29 is 4.79 Å². The molecule has 1 aliphatic carbocycles. The van der Waals surface area contributed by atoms with E-state index in [-0.39, 0.29) is 17.0 Å². The van der Waals surface area contributed by atoms with Gasteiger partial charge >= 0.3 is 0 Å². The van der Waals surface area contributed by atoms with E-state index in [2.05, 4.69) is 4.98 Å². The van der Waals surface area contributed by atoms with Crippen molar-refractivity contribution in [2.75, 3.05) is 13.1 Å². The lowest BCUT2D eigenvalue weighted by Crippen LogP contribution is -2.34. The molecule has 21 heavy (non-hydrogen) atoms. The fraction of sp³-hybridized carbons (Fsp3) is 0.533. The van der Waals surface area contributed by atoms with Crippen molar-refractivity contribution in [3.63, 3.8) is 0 Å². The van der Waals surface area contributed by atoms with Crippen LogP contribution in [0.1, 0.15) is 46.6 Å². The molecule has 6 heteroatoms. The van der Waals surface area contributed by atoms with Gasteiger partial charge in [0.2, 0.25) is 0 Å². The zero-order valence-electron chi connectivity index (χ0n) is 11.8. The molecule has 1 fully saturated rings. The van der Waals surface area contributed by atoms with Crippen LogP contribution in [0.5, 0.6) is 0 Å². The predicted molar refractivity (Wildman–Crippen MR) is 81.1 cm³/mol. The van der Waals surface area contributed by atoms with Crippen molar-refractivity contribution in [1.29, 1.82) is 0 Å². The quantitative estimate of drug-likeness (QED) is 0.808. The Hall–Kier alpha value is -1.69. The molecule has 0 unspecified atom stereocenters. The van der Waals surface area contributed by atoms with Crippen LogP contribution >= 0.6 is 11.3 Å². The zero-order chi connectivity index (χ0) is 14.4. The number of amides is 1. The van der Waals surface area contributed by atoms with Gasteiger partial charge in [-0.15, -0.1) is 11.3 Å². The van der Waals surface area contributed by atoms with Crippen LogP contribution in [-0.4, -0.2) is 33.3 Å². The molecule has 0 bridgehead atoms. The summed E-state index contributed by atoms with van der Waals surface area (Å²) in [4.78, 5) is 33.3. The van der Waals surface area contributed by atoms with E-state index >= 15 is 0 Å². The summed E-state index contributed by atoms with van der Waals surface area (Å²) in [6, 6.07) is 0. The molecule has 3 heterocycles. The lowest BCUT2D eigenvalue weighted by molar-refractivity contribution is 0.0790. The number of nitrogens with zero attached hydrogens (tertiary/aromatic N) is 3. The molecule has 1 saturated heterocycles. The zero-order valence-corrected chi connectivity index (χ0v) is 12.6. The molecule has 2 aliphatic rings. The van der Waals surface area contributed by atoms with Gasteiger partial charge in [0.05, 0.1) is 0 Å². The van der Waals surface area contributed by atoms with Gasteiger partial charge in [-0.05, 0) is 38.5 Å². The van der Waals surface area contributed by atoms with E-state index in [1.165, 1.54) is 17.5 Å². The third-order valence-electron chi connectivity index (χ3n) is 4.43. The molecule has 5 nitrogen and oxygen atoms in total. The molecule has 0 radical (unpaired) electrons. The number of hydrogen-bond donors (Lipinski definition) is 0. The molecule has 0 N–H and O–H groups in total. The van der Waals surface area contributed by atoms with Gasteiger partial charge < -0.3 is 4.90 Å². The molecule has 0 saturated carbocycles. The van der Waals surface area contributed by atoms with Crippen LogP contribution < -0.4 is 5.56 Å². The summed E-state index contributed by atoms with van der Waals surface area (Å²) in [6.07, 6.45) is 7.74. The largest absolute Gasteiger partial charge is 0.338 e. The summed E-state index contributed by atoms with van der Waals surface area (Å²) in [7, 11) is 0. The Balaban J connectivity index is 1.85. The molecule has 0 aromatic carbocycles. The van der Waals surface area contributed by atoms with Crippen LogP contribution in [0.25, 0.3) is 4.96 Å². The predicted octanol–water partition coefficient (Wildman–Crippen LogP) is 1.87. The minimum absolute atomic E-state index is 0.157. The summed E-state index contributed by atoms with van der Waals surface area (Å²) in [6.45, 7) is 1.51. The van der Waals surface area contributed by atoms with Crippen molar-refractivity contribution in [1.82, 2.24) is 14.3 Å². The Labute approximate surface area is 126 Å². The fourth-order valence-corrected chi connectivity index (χ4v) is 4.47. The number of carbonyl (C=O) groups is 1. The average molecular weight is 303 g/mol. The highest BCUT2D eigenvalue weighted by Crippen LogP contribution is 2.28. The first kappa shape index (κ1) is 13.0. The number of aryl methyl sites for hydroxylation is 2. The van der Waals surface area contributed by atoms with Crippen molar-refractivity contribution >= 4 is 22.2 Å². The lowest BCUT2D eigenvalue weighted by atomic mass is 10.0. The van der Waals surface area contributed by atoms with E-state index in [4.69, 9.17) is 0 Å². The van der Waals surface area contributed by atoms with E-state index in [1.807, 2.05) is 0 Å². The van der Waals surface area contributed by atoms with Crippen LogP contribution in [-0.2, 0) is 12.8 Å². The van der Waals surface area contributed by atoms with Crippen LogP contribution in [0.15, 0.2) is 11.0 Å². The third kappa shape index (κ3) is 2.00. The number of rotatable bonds is 1. The van der Waals surface area contributed by atoms with Crippen molar-refractivity contribution in [3.05, 3.63) is 32.7 Å². The Morgan fingerprint density at radius 1 is 1.14 bits per heavy atom. The first-order valence-electron chi connectivity index (χ1n) is 7.57. The maximum atomic E-state index is 12.7. The number of fused-ring (bicyclic) bond motifs is 3. The Bertz CT molecular complexity index is 771. The van der Waals surface area contributed by atoms with Crippen LogP contribution in [0, 0.1) is 0 Å². The molecular formula is C15H17N3O2S. The SMILES string of the molecule is O=C(c1cnc2sc3c(n2c1=O)CCCC3)N1CCCC1. The minimum atomic E-state index is -0.184. The maximum Gasteiger partial charge on any atom is 0.271 e. The van der Waals surface area contributed by atoms with Crippen LogP contribution in [0.2, 0.25) is 0 Å². The van der Waals surface area contributed by atoms with E-state index in [0.717, 1.165) is 55.8 Å². The van der Waals surface area contributed by atoms with Crippen LogP contribution in [0.4, 0.5) is 0 Å². The first-order valence-corrected chi connectivity index (χ1v) is 8.39. The summed E-state index contributed by atoms with van der Waals surface area (Å²) < 4.78 is 1.68. The Morgan fingerprint density at radius 3 is 2.71 bits per heavy atom. The van der Waals surface area contributed by atoms with E-state index in [1.54, 1.807) is 20.6 Å². The number of aromatic nitrogens is 2. The summed E-state index contributed by atoms with van der Waals surface area (Å²) >= 11 is 1.59. The molecule has 4 rings (SSSR count). The maximum absolute atomic E-state index is 12.7. The van der Waals surface area contributed by atoms with E-state index < -0.39 is 0 Å². The first-order chi connectivity index (χ1) is 10.3. The van der Waals surface area contributed by atoms with Gasteiger partial charge in [0, 0.05) is 29.9 Å². The van der Waals surface area contributed by atoms with Crippen molar-refractivity contribution in [3.8, 4) is 0 Å². The highest BCUT2D eigenvalue weighted by molar-refractivity contribution is 7.17. The van der Waals surface area contributed by atoms with Gasteiger partial charge in [0.25, 0.3) is 11.5 Å². The fourth-order valence-electron chi connectivity index (χ4n) is 3.31. The minimum Gasteiger partial charge on any atom is -0.338 e. The molecule has 0 spiro atoms. The van der Waals surface area contributed by atoms with Gasteiger partial charge in [-0.2, -0.15) is 0 Å². The standard InChI is InChI=1S/C15H17N3O2S/c19-13(17-7-3-4-8-17)10-9-16-15-18(14(10)20)11-5-1-2-6-12(11)21-15/h9H,1-8H2. The topological polar surface area (TPSA) is 54.7 Å². The summed E-state index contributed by atoms with van der Waals surface area (Å²) in [5, 5.41) is 0. The lowest BCUT2D eigenvalue weighted by Gasteiger charge is -2.15. The van der Waals surface area contributed by atoms with Gasteiger partial charge in [0.15, 0.2) is 4.96 Å². The summed E-state index contributed by atoms with van der Waals surface area (Å²) in [5.41, 5.74) is 1.12. The second kappa shape index (κ2) is 4.94. The van der Waals surface area contributed by atoms with E-state index in [0.29, 0.717) is 0 Å². The third-order valence-corrected chi connectivity index (χ3v) is 5.58. The monoisotopic (exact) mass is 303 g/mol. The van der Waals surface area contributed by atoms with Gasteiger partial charge in [0.1, 0.15) is 5.56 Å². The summed E-state index contributed by atoms with van der Waals surface area (Å²) in [5.74, 6) is -0.157. The second-order valence-electron chi connectivity index (χ2n) is 5.77. The van der Waals surface area contributed by atoms with Gasteiger partial charge in [-0.3, -0.25) is 14.0 Å². The molecule has 1 amide bonds. The molecule has 2 aromatic heterocycles. The average Bonchev–Trinajstić information content (AvgIpc) is 3.14. The number of hydrogen-bond acceptors (Lipinski definition) is 4. The number of likely N-dealkylation sites (tertiary alicyclic amines) is 1. The second-order valence-corrected chi connectivity index (χ2v) is 6.84. The molecule has 110 valence electrons. The number of thiazole rings is 1. The van der Waals surface area contributed by atoms with Gasteiger partial charge in [-0.25, -0.2) is 4.98 Å². The van der Waals surface area contributed by atoms with Gasteiger partial charge in [-0.1, -0.05) is 0 Å². The van der Waals surface area contributed by atoms with E-state index in [9.17, 15) is 9.59 Å². The molecular weight excluding hydrogens is 286 g/mol. The molecule has 1 aliphatic heterocycles.